The summed E-state index contributed by atoms with van der Waals surface area (Å²) in [6.07, 6.45) is 4.22. The summed E-state index contributed by atoms with van der Waals surface area (Å²) in [5.41, 5.74) is 0.939. The van der Waals surface area contributed by atoms with Crippen LogP contribution in [-0.4, -0.2) is 36.5 Å². The molecule has 1 fully saturated rings. The molecule has 0 radical (unpaired) electrons. The van der Waals surface area contributed by atoms with Gasteiger partial charge in [0, 0.05) is 16.6 Å². The van der Waals surface area contributed by atoms with Gasteiger partial charge in [0.1, 0.15) is 11.5 Å². The lowest BCUT2D eigenvalue weighted by Crippen LogP contribution is -2.46. The van der Waals surface area contributed by atoms with E-state index in [1.807, 2.05) is 36.4 Å². The number of hydrogen-bond acceptors (Lipinski definition) is 4. The molecule has 144 valence electrons. The number of imide groups is 1. The number of benzene rings is 1. The van der Waals surface area contributed by atoms with Gasteiger partial charge in [-0.1, -0.05) is 24.4 Å². The number of amides is 3. The fraction of sp³-hybridized carbons (Fsp3) is 0.400. The van der Waals surface area contributed by atoms with Crippen LogP contribution in [0.5, 0.6) is 0 Å². The number of likely N-dealkylation sites (N-methyl/N-ethyl adjacent to an activating group) is 1. The maximum Gasteiger partial charge on any atom is 0.321 e. The van der Waals surface area contributed by atoms with E-state index in [4.69, 9.17) is 16.0 Å². The molecule has 2 N–H and O–H groups in total. The number of carbonyl (C=O) groups is 2. The maximum absolute atomic E-state index is 12.0. The third-order valence-corrected chi connectivity index (χ3v) is 4.82. The summed E-state index contributed by atoms with van der Waals surface area (Å²) in [6, 6.07) is 11.0. The zero-order valence-corrected chi connectivity index (χ0v) is 16.1. The Morgan fingerprint density at radius 1 is 1.15 bits per heavy atom. The first-order chi connectivity index (χ1) is 13.0. The highest BCUT2D eigenvalue weighted by Crippen LogP contribution is 2.24. The first kappa shape index (κ1) is 19.5. The average Bonchev–Trinajstić information content (AvgIpc) is 3.27. The highest BCUT2D eigenvalue weighted by Gasteiger charge is 2.18. The van der Waals surface area contributed by atoms with Gasteiger partial charge in [-0.3, -0.25) is 15.0 Å². The molecule has 6 nitrogen and oxygen atoms in total. The van der Waals surface area contributed by atoms with Gasteiger partial charge in [0.25, 0.3) is 0 Å². The van der Waals surface area contributed by atoms with Gasteiger partial charge in [0.05, 0.1) is 13.1 Å². The Labute approximate surface area is 163 Å². The van der Waals surface area contributed by atoms with Crippen LogP contribution in [0.3, 0.4) is 0 Å². The lowest BCUT2D eigenvalue weighted by atomic mass is 10.2. The summed E-state index contributed by atoms with van der Waals surface area (Å²) < 4.78 is 5.84. The van der Waals surface area contributed by atoms with Crippen molar-refractivity contribution < 1.29 is 14.0 Å². The van der Waals surface area contributed by atoms with Crippen LogP contribution in [0.1, 0.15) is 31.4 Å². The van der Waals surface area contributed by atoms with Crippen LogP contribution in [0, 0.1) is 0 Å². The quantitative estimate of drug-likeness (QED) is 0.788. The summed E-state index contributed by atoms with van der Waals surface area (Å²) >= 11 is 5.90. The van der Waals surface area contributed by atoms with Crippen molar-refractivity contribution >= 4 is 23.5 Å². The molecule has 0 unspecified atom stereocenters. The van der Waals surface area contributed by atoms with Crippen molar-refractivity contribution in [3.63, 3.8) is 0 Å². The monoisotopic (exact) mass is 389 g/mol. The van der Waals surface area contributed by atoms with Crippen molar-refractivity contribution in [3.05, 3.63) is 47.2 Å². The minimum atomic E-state index is -0.414. The van der Waals surface area contributed by atoms with E-state index in [0.29, 0.717) is 11.6 Å². The molecule has 3 amide bonds. The Kier molecular flexibility index (Phi) is 6.53. The second-order valence-corrected chi connectivity index (χ2v) is 7.38. The van der Waals surface area contributed by atoms with Crippen molar-refractivity contribution in [3.8, 4) is 11.3 Å². The highest BCUT2D eigenvalue weighted by atomic mass is 35.5. The zero-order valence-electron chi connectivity index (χ0n) is 15.3. The van der Waals surface area contributed by atoms with E-state index < -0.39 is 6.03 Å². The van der Waals surface area contributed by atoms with Crippen molar-refractivity contribution in [1.29, 1.82) is 0 Å². The van der Waals surface area contributed by atoms with E-state index in [2.05, 4.69) is 10.6 Å². The molecule has 7 heteroatoms. The van der Waals surface area contributed by atoms with E-state index >= 15 is 0 Å². The molecular weight excluding hydrogens is 366 g/mol. The molecule has 27 heavy (non-hydrogen) atoms. The second kappa shape index (κ2) is 9.06. The zero-order chi connectivity index (χ0) is 19.2. The van der Waals surface area contributed by atoms with Crippen molar-refractivity contribution in [2.75, 3.05) is 13.6 Å². The lowest BCUT2D eigenvalue weighted by molar-refractivity contribution is -0.121. The summed E-state index contributed by atoms with van der Waals surface area (Å²) in [7, 11) is 1.80. The Bertz CT molecular complexity index is 782. The van der Waals surface area contributed by atoms with Gasteiger partial charge in [-0.15, -0.1) is 0 Å². The number of nitrogens with one attached hydrogen (secondary N) is 2. The molecule has 1 heterocycles. The van der Waals surface area contributed by atoms with Crippen molar-refractivity contribution in [1.82, 2.24) is 15.5 Å². The maximum atomic E-state index is 12.0. The largest absolute Gasteiger partial charge is 0.460 e. The third kappa shape index (κ3) is 5.84. The van der Waals surface area contributed by atoms with Crippen LogP contribution in [0.15, 0.2) is 40.8 Å². The van der Waals surface area contributed by atoms with Gasteiger partial charge in [-0.25, -0.2) is 4.79 Å². The standard InChI is InChI=1S/C20H24ClN3O3/c1-24(13-19(25)23-20(26)22-16-4-2-3-5-16)12-17-10-11-18(27-17)14-6-8-15(21)9-7-14/h6-11,16H,2-5,12-13H2,1H3,(H2,22,23,25,26). The van der Waals surface area contributed by atoms with Gasteiger partial charge in [0.15, 0.2) is 0 Å². The van der Waals surface area contributed by atoms with Gasteiger partial charge < -0.3 is 9.73 Å². The van der Waals surface area contributed by atoms with Crippen LogP contribution in [-0.2, 0) is 11.3 Å². The smallest absolute Gasteiger partial charge is 0.321 e. The number of rotatable bonds is 6. The van der Waals surface area contributed by atoms with Crippen LogP contribution < -0.4 is 10.6 Å². The molecule has 2 aromatic rings. The average molecular weight is 390 g/mol. The van der Waals surface area contributed by atoms with Gasteiger partial charge >= 0.3 is 6.03 Å². The Morgan fingerprint density at radius 3 is 2.56 bits per heavy atom. The molecule has 0 bridgehead atoms. The lowest BCUT2D eigenvalue weighted by Gasteiger charge is -2.16. The number of nitrogens with zero attached hydrogens (tertiary/aromatic N) is 1. The summed E-state index contributed by atoms with van der Waals surface area (Å²) in [5, 5.41) is 5.90. The van der Waals surface area contributed by atoms with Crippen LogP contribution in [0.4, 0.5) is 4.79 Å². The molecule has 1 aromatic carbocycles. The van der Waals surface area contributed by atoms with Crippen LogP contribution >= 0.6 is 11.6 Å². The van der Waals surface area contributed by atoms with E-state index in [1.54, 1.807) is 11.9 Å². The predicted octanol–water partition coefficient (Wildman–Crippen LogP) is 3.80. The SMILES string of the molecule is CN(CC(=O)NC(=O)NC1CCCC1)Cc1ccc(-c2ccc(Cl)cc2)o1. The summed E-state index contributed by atoms with van der Waals surface area (Å²) in [6.45, 7) is 0.570. The van der Waals surface area contributed by atoms with Crippen molar-refractivity contribution in [2.24, 2.45) is 0 Å². The summed E-state index contributed by atoms with van der Waals surface area (Å²) in [5.74, 6) is 1.15. The normalized spacial score (nSPS) is 14.5. The van der Waals surface area contributed by atoms with E-state index in [-0.39, 0.29) is 18.5 Å². The van der Waals surface area contributed by atoms with E-state index in [1.165, 1.54) is 0 Å². The second-order valence-electron chi connectivity index (χ2n) is 6.95. The molecule has 1 aliphatic carbocycles. The molecule has 0 spiro atoms. The molecular formula is C20H24ClN3O3. The van der Waals surface area contributed by atoms with E-state index in [0.717, 1.165) is 42.8 Å². The fourth-order valence-corrected chi connectivity index (χ4v) is 3.38. The predicted molar refractivity (Wildman–Crippen MR) is 104 cm³/mol. The Hall–Kier alpha value is -2.31. The fourth-order valence-electron chi connectivity index (χ4n) is 3.26. The van der Waals surface area contributed by atoms with Crippen LogP contribution in [0.2, 0.25) is 5.02 Å². The number of urea groups is 1. The minimum absolute atomic E-state index is 0.106. The molecule has 1 aliphatic rings. The molecule has 0 atom stereocenters. The van der Waals surface area contributed by atoms with Gasteiger partial charge in [-0.05, 0) is 56.3 Å². The van der Waals surface area contributed by atoms with Gasteiger partial charge in [-0.2, -0.15) is 0 Å². The molecule has 0 aliphatic heterocycles. The number of carbonyl (C=O) groups excluding carboxylic acids is 2. The van der Waals surface area contributed by atoms with Crippen molar-refractivity contribution in [2.45, 2.75) is 38.3 Å². The molecule has 3 rings (SSSR count). The highest BCUT2D eigenvalue weighted by molar-refractivity contribution is 6.30. The number of halogens is 1. The minimum Gasteiger partial charge on any atom is -0.460 e. The van der Waals surface area contributed by atoms with Crippen LogP contribution in [0.25, 0.3) is 11.3 Å². The topological polar surface area (TPSA) is 74.6 Å². The number of furan rings is 1. The Balaban J connectivity index is 1.46. The van der Waals surface area contributed by atoms with E-state index in [9.17, 15) is 9.59 Å². The first-order valence-electron chi connectivity index (χ1n) is 9.13. The Morgan fingerprint density at radius 2 is 1.85 bits per heavy atom. The number of hydrogen-bond donors (Lipinski definition) is 2. The molecule has 1 saturated carbocycles. The summed E-state index contributed by atoms with van der Waals surface area (Å²) in [4.78, 5) is 25.7. The van der Waals surface area contributed by atoms with Gasteiger partial charge in [0.2, 0.25) is 5.91 Å². The molecule has 1 aromatic heterocycles. The first-order valence-corrected chi connectivity index (χ1v) is 9.51. The molecule has 0 saturated heterocycles. The third-order valence-electron chi connectivity index (χ3n) is 4.57.